The molecule has 0 unspecified atom stereocenters. The second-order valence-corrected chi connectivity index (χ2v) is 5.96. The first-order chi connectivity index (χ1) is 11.5. The van der Waals surface area contributed by atoms with E-state index in [0.717, 1.165) is 38.2 Å². The Labute approximate surface area is 137 Å². The van der Waals surface area contributed by atoms with Crippen LogP contribution in [0.25, 0.3) is 6.08 Å². The van der Waals surface area contributed by atoms with Crippen LogP contribution in [0.5, 0.6) is 5.75 Å². The lowest BCUT2D eigenvalue weighted by Gasteiger charge is -2.28. The Balaban J connectivity index is 1.86. The highest BCUT2D eigenvalue weighted by Gasteiger charge is 2.38. The summed E-state index contributed by atoms with van der Waals surface area (Å²) >= 11 is 0. The zero-order valence-electron chi connectivity index (χ0n) is 12.9. The quantitative estimate of drug-likeness (QED) is 0.382. The maximum absolute atomic E-state index is 12.5. The molecule has 0 bridgehead atoms. The molecule has 3 amide bonds. The fourth-order valence-corrected chi connectivity index (χ4v) is 3.16. The molecule has 126 valence electrons. The number of carbonyl (C=O) groups is 2. The van der Waals surface area contributed by atoms with Gasteiger partial charge in [0.05, 0.1) is 4.92 Å². The van der Waals surface area contributed by atoms with Crippen molar-refractivity contribution in [1.29, 1.82) is 0 Å². The maximum Gasteiger partial charge on any atom is 0.329 e. The number of nitro groups is 1. The van der Waals surface area contributed by atoms with E-state index in [4.69, 9.17) is 0 Å². The number of aromatic hydroxyl groups is 1. The molecule has 2 fully saturated rings. The van der Waals surface area contributed by atoms with E-state index in [1.807, 2.05) is 0 Å². The van der Waals surface area contributed by atoms with Crippen molar-refractivity contribution in [2.24, 2.45) is 0 Å². The summed E-state index contributed by atoms with van der Waals surface area (Å²) in [6, 6.07) is 3.24. The van der Waals surface area contributed by atoms with Gasteiger partial charge in [-0.2, -0.15) is 0 Å². The van der Waals surface area contributed by atoms with Crippen LogP contribution in [0.1, 0.15) is 37.7 Å². The standard InChI is InChI=1S/C16H17N3O5/c20-14-7-6-10(9-13(14)19(23)24)8-12-15(21)18(16(22)17-12)11-4-2-1-3-5-11/h6-9,11,20H,1-5H2,(H,17,22)/b12-8-. The first-order valence-electron chi connectivity index (χ1n) is 7.81. The van der Waals surface area contributed by atoms with Crippen LogP contribution in [0, 0.1) is 10.1 Å². The van der Waals surface area contributed by atoms with Crippen LogP contribution in [-0.4, -0.2) is 32.9 Å². The van der Waals surface area contributed by atoms with Crippen LogP contribution < -0.4 is 5.32 Å². The maximum atomic E-state index is 12.5. The second kappa shape index (κ2) is 6.31. The van der Waals surface area contributed by atoms with Gasteiger partial charge in [0.1, 0.15) is 5.70 Å². The van der Waals surface area contributed by atoms with E-state index in [2.05, 4.69) is 5.32 Å². The molecule has 1 aliphatic carbocycles. The van der Waals surface area contributed by atoms with E-state index >= 15 is 0 Å². The molecule has 8 nitrogen and oxygen atoms in total. The van der Waals surface area contributed by atoms with E-state index in [9.17, 15) is 24.8 Å². The number of carbonyl (C=O) groups excluding carboxylic acids is 2. The van der Waals surface area contributed by atoms with E-state index in [1.54, 1.807) is 0 Å². The minimum atomic E-state index is -0.708. The van der Waals surface area contributed by atoms with E-state index < -0.39 is 28.3 Å². The molecule has 1 saturated carbocycles. The van der Waals surface area contributed by atoms with Gasteiger partial charge < -0.3 is 10.4 Å². The van der Waals surface area contributed by atoms with Gasteiger partial charge in [-0.15, -0.1) is 0 Å². The number of phenolic OH excluding ortho intramolecular Hbond substituents is 1. The number of nitrogens with zero attached hydrogens (tertiary/aromatic N) is 2. The van der Waals surface area contributed by atoms with Crippen LogP contribution in [0.15, 0.2) is 23.9 Å². The molecule has 1 aliphatic heterocycles. The first-order valence-corrected chi connectivity index (χ1v) is 7.81. The lowest BCUT2D eigenvalue weighted by Crippen LogP contribution is -2.41. The highest BCUT2D eigenvalue weighted by atomic mass is 16.6. The fraction of sp³-hybridized carbons (Fsp3) is 0.375. The number of urea groups is 1. The van der Waals surface area contributed by atoms with Crippen molar-refractivity contribution in [3.05, 3.63) is 39.6 Å². The van der Waals surface area contributed by atoms with Crippen molar-refractivity contribution in [1.82, 2.24) is 10.2 Å². The normalized spacial score (nSPS) is 20.5. The summed E-state index contributed by atoms with van der Waals surface area (Å²) in [6.45, 7) is 0. The largest absolute Gasteiger partial charge is 0.502 e. The van der Waals surface area contributed by atoms with Gasteiger partial charge in [0.25, 0.3) is 5.91 Å². The van der Waals surface area contributed by atoms with Crippen LogP contribution in [-0.2, 0) is 4.79 Å². The van der Waals surface area contributed by atoms with Gasteiger partial charge in [-0.3, -0.25) is 19.8 Å². The number of hydrogen-bond acceptors (Lipinski definition) is 5. The molecule has 24 heavy (non-hydrogen) atoms. The lowest BCUT2D eigenvalue weighted by atomic mass is 9.94. The van der Waals surface area contributed by atoms with Crippen LogP contribution >= 0.6 is 0 Å². The molecule has 2 aliphatic rings. The minimum Gasteiger partial charge on any atom is -0.502 e. The lowest BCUT2D eigenvalue weighted by molar-refractivity contribution is -0.385. The van der Waals surface area contributed by atoms with Gasteiger partial charge in [-0.25, -0.2) is 4.79 Å². The number of imide groups is 1. The van der Waals surface area contributed by atoms with Crippen LogP contribution in [0.4, 0.5) is 10.5 Å². The molecule has 1 saturated heterocycles. The van der Waals surface area contributed by atoms with Gasteiger partial charge >= 0.3 is 11.7 Å². The van der Waals surface area contributed by atoms with Crippen molar-refractivity contribution in [3.8, 4) is 5.75 Å². The molecule has 3 rings (SSSR count). The van der Waals surface area contributed by atoms with Crippen molar-refractivity contribution in [2.45, 2.75) is 38.1 Å². The molecule has 8 heteroatoms. The second-order valence-electron chi connectivity index (χ2n) is 5.96. The number of benzene rings is 1. The zero-order valence-corrected chi connectivity index (χ0v) is 12.9. The summed E-state index contributed by atoms with van der Waals surface area (Å²) < 4.78 is 0. The summed E-state index contributed by atoms with van der Waals surface area (Å²) in [7, 11) is 0. The Morgan fingerprint density at radius 2 is 1.96 bits per heavy atom. The molecule has 0 atom stereocenters. The third-order valence-electron chi connectivity index (χ3n) is 4.36. The predicted octanol–water partition coefficient (Wildman–Crippen LogP) is 2.53. The smallest absolute Gasteiger partial charge is 0.329 e. The molecule has 2 N–H and O–H groups in total. The highest BCUT2D eigenvalue weighted by Crippen LogP contribution is 2.29. The SMILES string of the molecule is O=C1N/C(=C\c2ccc(O)c([N+](=O)[O-])c2)C(=O)N1C1CCCCC1. The molecule has 1 aromatic carbocycles. The third-order valence-corrected chi connectivity index (χ3v) is 4.36. The Kier molecular flexibility index (Phi) is 4.20. The first kappa shape index (κ1) is 16.0. The topological polar surface area (TPSA) is 113 Å². The molecule has 1 aromatic rings. The van der Waals surface area contributed by atoms with Crippen molar-refractivity contribution >= 4 is 23.7 Å². The number of phenols is 1. The molecule has 0 spiro atoms. The van der Waals surface area contributed by atoms with Crippen LogP contribution in [0.3, 0.4) is 0 Å². The van der Waals surface area contributed by atoms with E-state index in [1.165, 1.54) is 23.1 Å². The van der Waals surface area contributed by atoms with Gasteiger partial charge in [-0.05, 0) is 30.5 Å². The van der Waals surface area contributed by atoms with E-state index in [0.29, 0.717) is 5.56 Å². The Hall–Kier alpha value is -2.90. The van der Waals surface area contributed by atoms with Crippen LogP contribution in [0.2, 0.25) is 0 Å². The minimum absolute atomic E-state index is 0.0885. The average Bonchev–Trinajstić information content (AvgIpc) is 2.83. The average molecular weight is 331 g/mol. The number of nitrogens with one attached hydrogen (secondary N) is 1. The Morgan fingerprint density at radius 1 is 1.25 bits per heavy atom. The monoisotopic (exact) mass is 331 g/mol. The van der Waals surface area contributed by atoms with Crippen molar-refractivity contribution < 1.29 is 19.6 Å². The van der Waals surface area contributed by atoms with Gasteiger partial charge in [0.15, 0.2) is 5.75 Å². The van der Waals surface area contributed by atoms with Crippen molar-refractivity contribution in [3.63, 3.8) is 0 Å². The predicted molar refractivity (Wildman–Crippen MR) is 85.0 cm³/mol. The number of amides is 3. The summed E-state index contributed by atoms with van der Waals surface area (Å²) in [6.07, 6.45) is 6.08. The zero-order chi connectivity index (χ0) is 17.3. The van der Waals surface area contributed by atoms with Gasteiger partial charge in [-0.1, -0.05) is 25.3 Å². The summed E-state index contributed by atoms with van der Waals surface area (Å²) in [5, 5.41) is 22.9. The molecule has 1 heterocycles. The summed E-state index contributed by atoms with van der Waals surface area (Å²) in [5.74, 6) is -0.865. The Morgan fingerprint density at radius 3 is 2.62 bits per heavy atom. The van der Waals surface area contributed by atoms with E-state index in [-0.39, 0.29) is 11.7 Å². The highest BCUT2D eigenvalue weighted by molar-refractivity contribution is 6.14. The fourth-order valence-electron chi connectivity index (χ4n) is 3.16. The Bertz CT molecular complexity index is 737. The molecular weight excluding hydrogens is 314 g/mol. The van der Waals surface area contributed by atoms with Crippen molar-refractivity contribution in [2.75, 3.05) is 0 Å². The molecular formula is C16H17N3O5. The number of nitro benzene ring substituents is 1. The third kappa shape index (κ3) is 2.94. The number of hydrogen-bond donors (Lipinski definition) is 2. The summed E-state index contributed by atoms with van der Waals surface area (Å²) in [4.78, 5) is 36.0. The molecule has 0 aromatic heterocycles. The summed E-state index contributed by atoms with van der Waals surface area (Å²) in [5.41, 5.74) is -0.00976. The van der Waals surface area contributed by atoms with Gasteiger partial charge in [0, 0.05) is 12.1 Å². The van der Waals surface area contributed by atoms with Gasteiger partial charge in [0.2, 0.25) is 0 Å². The molecule has 0 radical (unpaired) electrons. The number of rotatable bonds is 3.